The van der Waals surface area contributed by atoms with E-state index >= 15 is 0 Å². The van der Waals surface area contributed by atoms with Crippen LogP contribution in [0.3, 0.4) is 0 Å². The first-order valence-corrected chi connectivity index (χ1v) is 9.84. The number of nitrogens with one attached hydrogen (secondary N) is 1. The number of amides is 1. The van der Waals surface area contributed by atoms with E-state index in [0.717, 1.165) is 5.56 Å². The van der Waals surface area contributed by atoms with Crippen LogP contribution in [0, 0.1) is 10.1 Å². The molecular weight excluding hydrogens is 474 g/mol. The van der Waals surface area contributed by atoms with Gasteiger partial charge in [0.15, 0.2) is 0 Å². The standard InChI is InChI=1S/C21H15BrClN3O4/c22-19-11-14(12-24-25-21(27)16-5-7-17(23)8-6-16)4-9-20(19)30-13-15-2-1-3-18(10-15)26(28)29/h1-12H,13H2,(H,25,27)/b24-12-. The molecule has 0 aliphatic heterocycles. The number of halogens is 2. The Hall–Kier alpha value is -3.23. The van der Waals surface area contributed by atoms with Gasteiger partial charge in [0.1, 0.15) is 12.4 Å². The number of nitrogens with zero attached hydrogens (tertiary/aromatic N) is 2. The zero-order valence-corrected chi connectivity index (χ0v) is 17.8. The van der Waals surface area contributed by atoms with Crippen LogP contribution >= 0.6 is 27.5 Å². The van der Waals surface area contributed by atoms with Crippen molar-refractivity contribution in [3.63, 3.8) is 0 Å². The first-order valence-electron chi connectivity index (χ1n) is 8.67. The summed E-state index contributed by atoms with van der Waals surface area (Å²) in [5.41, 5.74) is 4.33. The van der Waals surface area contributed by atoms with Crippen LogP contribution in [-0.4, -0.2) is 17.0 Å². The molecule has 1 amide bonds. The lowest BCUT2D eigenvalue weighted by molar-refractivity contribution is -0.384. The topological polar surface area (TPSA) is 93.8 Å². The fraction of sp³-hybridized carbons (Fsp3) is 0.0476. The van der Waals surface area contributed by atoms with Crippen LogP contribution in [0.25, 0.3) is 0 Å². The smallest absolute Gasteiger partial charge is 0.271 e. The summed E-state index contributed by atoms with van der Waals surface area (Å²) in [5, 5.41) is 15.4. The molecule has 0 atom stereocenters. The second-order valence-electron chi connectivity index (χ2n) is 6.11. The van der Waals surface area contributed by atoms with E-state index in [1.54, 1.807) is 54.6 Å². The third-order valence-corrected chi connectivity index (χ3v) is 4.83. The highest BCUT2D eigenvalue weighted by molar-refractivity contribution is 9.10. The second-order valence-corrected chi connectivity index (χ2v) is 7.40. The van der Waals surface area contributed by atoms with Gasteiger partial charge in [0, 0.05) is 22.7 Å². The molecule has 9 heteroatoms. The molecule has 0 spiro atoms. The highest BCUT2D eigenvalue weighted by Gasteiger charge is 2.08. The first-order chi connectivity index (χ1) is 14.4. The number of hydrogen-bond acceptors (Lipinski definition) is 5. The zero-order valence-electron chi connectivity index (χ0n) is 15.4. The van der Waals surface area contributed by atoms with E-state index in [1.807, 2.05) is 0 Å². The molecular formula is C21H15BrClN3O4. The number of benzene rings is 3. The van der Waals surface area contributed by atoms with Gasteiger partial charge in [0.2, 0.25) is 0 Å². The van der Waals surface area contributed by atoms with Crippen LogP contribution in [0.5, 0.6) is 5.75 Å². The van der Waals surface area contributed by atoms with Crippen molar-refractivity contribution in [2.75, 3.05) is 0 Å². The molecule has 3 rings (SSSR count). The Labute approximate surface area is 185 Å². The van der Waals surface area contributed by atoms with E-state index in [-0.39, 0.29) is 18.2 Å². The van der Waals surface area contributed by atoms with Crippen molar-refractivity contribution in [2.45, 2.75) is 6.61 Å². The molecule has 0 bridgehead atoms. The first kappa shape index (κ1) is 21.5. The average Bonchev–Trinajstić information content (AvgIpc) is 2.73. The maximum atomic E-state index is 12.0. The van der Waals surface area contributed by atoms with Crippen molar-refractivity contribution < 1.29 is 14.5 Å². The van der Waals surface area contributed by atoms with Gasteiger partial charge in [-0.05, 0) is 69.5 Å². The Balaban J connectivity index is 1.58. The molecule has 3 aromatic rings. The summed E-state index contributed by atoms with van der Waals surface area (Å²) in [6, 6.07) is 18.0. The number of nitro benzene ring substituents is 1. The molecule has 7 nitrogen and oxygen atoms in total. The molecule has 0 heterocycles. The van der Waals surface area contributed by atoms with Gasteiger partial charge in [-0.2, -0.15) is 5.10 Å². The van der Waals surface area contributed by atoms with Crippen LogP contribution in [0.15, 0.2) is 76.3 Å². The van der Waals surface area contributed by atoms with E-state index in [0.29, 0.717) is 26.4 Å². The quantitative estimate of drug-likeness (QED) is 0.275. The molecule has 30 heavy (non-hydrogen) atoms. The molecule has 152 valence electrons. The normalized spacial score (nSPS) is 10.7. The van der Waals surface area contributed by atoms with Crippen molar-refractivity contribution in [1.82, 2.24) is 5.43 Å². The second kappa shape index (κ2) is 10.00. The maximum absolute atomic E-state index is 12.0. The molecule has 1 N–H and O–H groups in total. The van der Waals surface area contributed by atoms with Crippen LogP contribution in [-0.2, 0) is 6.61 Å². The Morgan fingerprint density at radius 1 is 1.17 bits per heavy atom. The predicted molar refractivity (Wildman–Crippen MR) is 118 cm³/mol. The summed E-state index contributed by atoms with van der Waals surface area (Å²) in [4.78, 5) is 22.4. The number of ether oxygens (including phenoxy) is 1. The largest absolute Gasteiger partial charge is 0.488 e. The van der Waals surface area contributed by atoms with Crippen molar-refractivity contribution >= 4 is 45.3 Å². The number of rotatable bonds is 7. The van der Waals surface area contributed by atoms with Gasteiger partial charge < -0.3 is 4.74 Å². The van der Waals surface area contributed by atoms with Gasteiger partial charge in [-0.3, -0.25) is 14.9 Å². The molecule has 0 aliphatic carbocycles. The Bertz CT molecular complexity index is 1100. The summed E-state index contributed by atoms with van der Waals surface area (Å²) < 4.78 is 6.41. The van der Waals surface area contributed by atoms with E-state index in [2.05, 4.69) is 26.5 Å². The Kier molecular flexibility index (Phi) is 7.16. The average molecular weight is 489 g/mol. The molecule has 3 aromatic carbocycles. The molecule has 0 aromatic heterocycles. The van der Waals surface area contributed by atoms with Crippen molar-refractivity contribution in [1.29, 1.82) is 0 Å². The van der Waals surface area contributed by atoms with E-state index in [9.17, 15) is 14.9 Å². The maximum Gasteiger partial charge on any atom is 0.271 e. The molecule has 0 saturated heterocycles. The minimum atomic E-state index is -0.445. The molecule has 0 unspecified atom stereocenters. The van der Waals surface area contributed by atoms with Crippen molar-refractivity contribution in [2.24, 2.45) is 5.10 Å². The summed E-state index contributed by atoms with van der Waals surface area (Å²) >= 11 is 9.23. The number of non-ortho nitro benzene ring substituents is 1. The fourth-order valence-electron chi connectivity index (χ4n) is 2.47. The lowest BCUT2D eigenvalue weighted by Gasteiger charge is -2.09. The molecule has 0 radical (unpaired) electrons. The summed E-state index contributed by atoms with van der Waals surface area (Å²) in [6.07, 6.45) is 1.50. The van der Waals surface area contributed by atoms with Gasteiger partial charge in [0.25, 0.3) is 11.6 Å². The monoisotopic (exact) mass is 487 g/mol. The molecule has 0 saturated carbocycles. The van der Waals surface area contributed by atoms with Crippen LogP contribution in [0.2, 0.25) is 5.02 Å². The summed E-state index contributed by atoms with van der Waals surface area (Å²) in [7, 11) is 0. The number of carbonyl (C=O) groups is 1. The van der Waals surface area contributed by atoms with E-state index < -0.39 is 4.92 Å². The number of hydrogen-bond donors (Lipinski definition) is 1. The molecule has 0 fully saturated rings. The highest BCUT2D eigenvalue weighted by atomic mass is 79.9. The van der Waals surface area contributed by atoms with Crippen molar-refractivity contribution in [3.05, 3.63) is 103 Å². The number of nitro groups is 1. The zero-order chi connectivity index (χ0) is 21.5. The Morgan fingerprint density at radius 3 is 2.63 bits per heavy atom. The van der Waals surface area contributed by atoms with Gasteiger partial charge in [-0.1, -0.05) is 23.7 Å². The summed E-state index contributed by atoms with van der Waals surface area (Å²) in [6.45, 7) is 0.185. The van der Waals surface area contributed by atoms with Crippen molar-refractivity contribution in [3.8, 4) is 5.75 Å². The fourth-order valence-corrected chi connectivity index (χ4v) is 3.10. The minimum absolute atomic E-state index is 0.0161. The minimum Gasteiger partial charge on any atom is -0.488 e. The third kappa shape index (κ3) is 5.88. The third-order valence-electron chi connectivity index (χ3n) is 3.96. The number of carbonyl (C=O) groups excluding carboxylic acids is 1. The van der Waals surface area contributed by atoms with Crippen LogP contribution < -0.4 is 10.2 Å². The van der Waals surface area contributed by atoms with E-state index in [1.165, 1.54) is 18.3 Å². The highest BCUT2D eigenvalue weighted by Crippen LogP contribution is 2.26. The summed E-state index contributed by atoms with van der Waals surface area (Å²) in [5.74, 6) is 0.225. The lowest BCUT2D eigenvalue weighted by atomic mass is 10.2. The van der Waals surface area contributed by atoms with Gasteiger partial charge in [-0.15, -0.1) is 0 Å². The SMILES string of the molecule is O=C(N/N=C\c1ccc(OCc2cccc([N+](=O)[O-])c2)c(Br)c1)c1ccc(Cl)cc1. The van der Waals surface area contributed by atoms with E-state index in [4.69, 9.17) is 16.3 Å². The number of hydrazone groups is 1. The van der Waals surface area contributed by atoms with Crippen LogP contribution in [0.4, 0.5) is 5.69 Å². The lowest BCUT2D eigenvalue weighted by Crippen LogP contribution is -2.17. The predicted octanol–water partition coefficient (Wildman–Crippen LogP) is 5.35. The Morgan fingerprint density at radius 2 is 1.93 bits per heavy atom. The van der Waals surface area contributed by atoms with Gasteiger partial charge in [0.05, 0.1) is 15.6 Å². The van der Waals surface area contributed by atoms with Gasteiger partial charge in [-0.25, -0.2) is 5.43 Å². The van der Waals surface area contributed by atoms with Gasteiger partial charge >= 0.3 is 0 Å². The van der Waals surface area contributed by atoms with Crippen LogP contribution in [0.1, 0.15) is 21.5 Å². The molecule has 0 aliphatic rings.